The molecule has 0 bridgehead atoms. The van der Waals surface area contributed by atoms with E-state index < -0.39 is 6.36 Å². The number of unbranched alkanes of at least 4 members (excludes halogenated alkanes) is 2. The van der Waals surface area contributed by atoms with E-state index in [1.165, 1.54) is 18.2 Å². The van der Waals surface area contributed by atoms with E-state index in [4.69, 9.17) is 4.74 Å². The van der Waals surface area contributed by atoms with Crippen LogP contribution in [0.2, 0.25) is 0 Å². The van der Waals surface area contributed by atoms with E-state index in [0.717, 1.165) is 19.3 Å². The van der Waals surface area contributed by atoms with Gasteiger partial charge in [0.05, 0.1) is 6.61 Å². The van der Waals surface area contributed by atoms with Crippen LogP contribution in [-0.2, 0) is 0 Å². The minimum absolute atomic E-state index is 0.259. The molecule has 0 aliphatic carbocycles. The molecule has 96 valence electrons. The summed E-state index contributed by atoms with van der Waals surface area (Å²) in [6.07, 6.45) is -1.67. The monoisotopic (exact) mass is 248 g/mol. The second kappa shape index (κ2) is 6.37. The molecule has 1 aromatic carbocycles. The fourth-order valence-electron chi connectivity index (χ4n) is 1.30. The van der Waals surface area contributed by atoms with Crippen LogP contribution in [0, 0.1) is 0 Å². The molecule has 5 heteroatoms. The summed E-state index contributed by atoms with van der Waals surface area (Å²) in [6.45, 7) is 2.57. The van der Waals surface area contributed by atoms with Crippen molar-refractivity contribution in [2.45, 2.75) is 32.5 Å². The Morgan fingerprint density at radius 1 is 1.12 bits per heavy atom. The van der Waals surface area contributed by atoms with Crippen molar-refractivity contribution in [2.24, 2.45) is 0 Å². The first-order valence-electron chi connectivity index (χ1n) is 5.50. The molecule has 2 nitrogen and oxygen atoms in total. The summed E-state index contributed by atoms with van der Waals surface area (Å²) in [7, 11) is 0. The van der Waals surface area contributed by atoms with Crippen molar-refractivity contribution in [2.75, 3.05) is 6.61 Å². The first-order valence-corrected chi connectivity index (χ1v) is 5.50. The maximum absolute atomic E-state index is 12.0. The highest BCUT2D eigenvalue weighted by Gasteiger charge is 2.31. The molecule has 0 saturated carbocycles. The summed E-state index contributed by atoms with van der Waals surface area (Å²) in [6, 6.07) is 5.55. The molecule has 0 aliphatic heterocycles. The van der Waals surface area contributed by atoms with Gasteiger partial charge in [0.15, 0.2) is 0 Å². The maximum atomic E-state index is 12.0. The first kappa shape index (κ1) is 13.7. The largest absolute Gasteiger partial charge is 0.573 e. The van der Waals surface area contributed by atoms with Crippen LogP contribution in [0.15, 0.2) is 24.3 Å². The molecule has 1 aromatic rings. The lowest BCUT2D eigenvalue weighted by molar-refractivity contribution is -0.274. The smallest absolute Gasteiger partial charge is 0.493 e. The molecule has 0 N–H and O–H groups in total. The highest BCUT2D eigenvalue weighted by atomic mass is 19.4. The SMILES string of the molecule is CCCCCOc1cccc(OC(F)(F)F)c1. The van der Waals surface area contributed by atoms with E-state index in [-0.39, 0.29) is 5.75 Å². The zero-order valence-corrected chi connectivity index (χ0v) is 9.59. The van der Waals surface area contributed by atoms with Crippen LogP contribution in [0.3, 0.4) is 0 Å². The van der Waals surface area contributed by atoms with Crippen LogP contribution >= 0.6 is 0 Å². The highest BCUT2D eigenvalue weighted by molar-refractivity contribution is 5.33. The van der Waals surface area contributed by atoms with Gasteiger partial charge in [-0.05, 0) is 18.6 Å². The van der Waals surface area contributed by atoms with E-state index in [2.05, 4.69) is 11.7 Å². The van der Waals surface area contributed by atoms with E-state index >= 15 is 0 Å². The van der Waals surface area contributed by atoms with E-state index in [1.807, 2.05) is 0 Å². The second-order valence-corrected chi connectivity index (χ2v) is 3.58. The van der Waals surface area contributed by atoms with Crippen LogP contribution in [0.4, 0.5) is 13.2 Å². The third kappa shape index (κ3) is 6.04. The van der Waals surface area contributed by atoms with Crippen molar-refractivity contribution in [1.29, 1.82) is 0 Å². The molecule has 0 fully saturated rings. The molecule has 0 amide bonds. The quantitative estimate of drug-likeness (QED) is 0.704. The Balaban J connectivity index is 2.48. The minimum atomic E-state index is -4.67. The summed E-state index contributed by atoms with van der Waals surface area (Å²) in [5, 5.41) is 0. The number of hydrogen-bond acceptors (Lipinski definition) is 2. The highest BCUT2D eigenvalue weighted by Crippen LogP contribution is 2.26. The molecule has 0 heterocycles. The lowest BCUT2D eigenvalue weighted by Gasteiger charge is -2.10. The summed E-state index contributed by atoms with van der Waals surface area (Å²) in [5.74, 6) is 0.133. The average Bonchev–Trinajstić information content (AvgIpc) is 2.23. The van der Waals surface area contributed by atoms with Crippen LogP contribution in [-0.4, -0.2) is 13.0 Å². The molecule has 1 rings (SSSR count). The molecule has 0 aliphatic rings. The third-order valence-electron chi connectivity index (χ3n) is 2.06. The molecule has 0 atom stereocenters. The average molecular weight is 248 g/mol. The van der Waals surface area contributed by atoms with Gasteiger partial charge in [-0.1, -0.05) is 25.8 Å². The Morgan fingerprint density at radius 3 is 2.47 bits per heavy atom. The Hall–Kier alpha value is -1.39. The number of alkyl halides is 3. The van der Waals surface area contributed by atoms with Gasteiger partial charge in [0, 0.05) is 6.07 Å². The predicted octanol–water partition coefficient (Wildman–Crippen LogP) is 4.15. The maximum Gasteiger partial charge on any atom is 0.573 e. The molecular weight excluding hydrogens is 233 g/mol. The zero-order chi connectivity index (χ0) is 12.7. The molecule has 0 saturated heterocycles. The van der Waals surface area contributed by atoms with Crippen molar-refractivity contribution >= 4 is 0 Å². The van der Waals surface area contributed by atoms with Crippen molar-refractivity contribution < 1.29 is 22.6 Å². The molecule has 17 heavy (non-hydrogen) atoms. The van der Waals surface area contributed by atoms with Gasteiger partial charge in [-0.2, -0.15) is 0 Å². The summed E-state index contributed by atoms with van der Waals surface area (Å²) in [5.41, 5.74) is 0. The molecule has 0 unspecified atom stereocenters. The van der Waals surface area contributed by atoms with E-state index in [1.54, 1.807) is 6.07 Å². The molecular formula is C12H15F3O2. The van der Waals surface area contributed by atoms with Crippen LogP contribution < -0.4 is 9.47 Å². The third-order valence-corrected chi connectivity index (χ3v) is 2.06. The Bertz CT molecular complexity index is 337. The Labute approximate surface area is 98.3 Å². The van der Waals surface area contributed by atoms with Crippen LogP contribution in [0.25, 0.3) is 0 Å². The van der Waals surface area contributed by atoms with Gasteiger partial charge in [-0.3, -0.25) is 0 Å². The Morgan fingerprint density at radius 2 is 1.82 bits per heavy atom. The van der Waals surface area contributed by atoms with Crippen molar-refractivity contribution in [3.63, 3.8) is 0 Å². The van der Waals surface area contributed by atoms with E-state index in [9.17, 15) is 13.2 Å². The number of hydrogen-bond donors (Lipinski definition) is 0. The first-order chi connectivity index (χ1) is 8.01. The van der Waals surface area contributed by atoms with E-state index in [0.29, 0.717) is 12.4 Å². The summed E-state index contributed by atoms with van der Waals surface area (Å²) >= 11 is 0. The zero-order valence-electron chi connectivity index (χ0n) is 9.59. The fraction of sp³-hybridized carbons (Fsp3) is 0.500. The van der Waals surface area contributed by atoms with Crippen LogP contribution in [0.5, 0.6) is 11.5 Å². The molecule has 0 spiro atoms. The van der Waals surface area contributed by atoms with Crippen LogP contribution in [0.1, 0.15) is 26.2 Å². The van der Waals surface area contributed by atoms with Gasteiger partial charge in [0.25, 0.3) is 0 Å². The number of rotatable bonds is 6. The number of ether oxygens (including phenoxy) is 2. The second-order valence-electron chi connectivity index (χ2n) is 3.58. The van der Waals surface area contributed by atoms with Crippen molar-refractivity contribution in [3.05, 3.63) is 24.3 Å². The van der Waals surface area contributed by atoms with Crippen molar-refractivity contribution in [1.82, 2.24) is 0 Å². The lowest BCUT2D eigenvalue weighted by atomic mass is 10.3. The minimum Gasteiger partial charge on any atom is -0.493 e. The van der Waals surface area contributed by atoms with Gasteiger partial charge < -0.3 is 9.47 Å². The topological polar surface area (TPSA) is 18.5 Å². The number of halogens is 3. The Kier molecular flexibility index (Phi) is 5.12. The van der Waals surface area contributed by atoms with Gasteiger partial charge in [0.1, 0.15) is 11.5 Å². The number of benzene rings is 1. The molecule has 0 radical (unpaired) electrons. The van der Waals surface area contributed by atoms with Crippen molar-refractivity contribution in [3.8, 4) is 11.5 Å². The summed E-state index contributed by atoms with van der Waals surface area (Å²) < 4.78 is 45.0. The van der Waals surface area contributed by atoms with Gasteiger partial charge in [0.2, 0.25) is 0 Å². The lowest BCUT2D eigenvalue weighted by Crippen LogP contribution is -2.17. The van der Waals surface area contributed by atoms with Gasteiger partial charge >= 0.3 is 6.36 Å². The van der Waals surface area contributed by atoms with Gasteiger partial charge in [-0.25, -0.2) is 0 Å². The predicted molar refractivity (Wildman–Crippen MR) is 58.1 cm³/mol. The fourth-order valence-corrected chi connectivity index (χ4v) is 1.30. The normalized spacial score (nSPS) is 11.3. The van der Waals surface area contributed by atoms with Gasteiger partial charge in [-0.15, -0.1) is 13.2 Å². The summed E-state index contributed by atoms with van der Waals surface area (Å²) in [4.78, 5) is 0. The standard InChI is InChI=1S/C12H15F3O2/c1-2-3-4-8-16-10-6-5-7-11(9-10)17-12(13,14)15/h5-7,9H,2-4,8H2,1H3. The molecule has 0 aromatic heterocycles.